The Morgan fingerprint density at radius 2 is 2.12 bits per heavy atom. The lowest BCUT2D eigenvalue weighted by molar-refractivity contribution is 0.0901. The first-order valence-electron chi connectivity index (χ1n) is 8.55. The summed E-state index contributed by atoms with van der Waals surface area (Å²) in [5.74, 6) is 1.94. The first-order valence-corrected chi connectivity index (χ1v) is 8.55. The van der Waals surface area contributed by atoms with Gasteiger partial charge in [0.05, 0.1) is 11.9 Å². The number of hydrogen-bond acceptors (Lipinski definition) is 6. The summed E-state index contributed by atoms with van der Waals surface area (Å²) in [6, 6.07) is 2.01. The van der Waals surface area contributed by atoms with E-state index in [0.717, 1.165) is 30.2 Å². The third-order valence-electron chi connectivity index (χ3n) is 4.71. The van der Waals surface area contributed by atoms with Gasteiger partial charge in [0.25, 0.3) is 5.91 Å². The topological polar surface area (TPSA) is 103 Å². The summed E-state index contributed by atoms with van der Waals surface area (Å²) in [6.45, 7) is 2.43. The van der Waals surface area contributed by atoms with Gasteiger partial charge in [0.2, 0.25) is 0 Å². The zero-order valence-electron chi connectivity index (χ0n) is 14.7. The van der Waals surface area contributed by atoms with Crippen molar-refractivity contribution in [1.29, 1.82) is 0 Å². The van der Waals surface area contributed by atoms with Crippen molar-refractivity contribution in [2.24, 2.45) is 7.05 Å². The Morgan fingerprint density at radius 3 is 2.81 bits per heavy atom. The standard InChI is InChI=1S/C17H20N8O/c1-11-8-19-14(9-18-11)17(26)21-13-6-12(7-13)16-23-22-15(24(16)2)10-25-5-3-4-20-25/h3-5,8-9,12-13H,6-7,10H2,1-2H3,(H,21,26). The lowest BCUT2D eigenvalue weighted by Crippen LogP contribution is -2.44. The third-order valence-corrected chi connectivity index (χ3v) is 4.71. The molecule has 0 aromatic carbocycles. The van der Waals surface area contributed by atoms with Crippen molar-refractivity contribution >= 4 is 5.91 Å². The van der Waals surface area contributed by atoms with Crippen LogP contribution in [-0.4, -0.2) is 46.5 Å². The molecule has 1 saturated carbocycles. The van der Waals surface area contributed by atoms with Crippen molar-refractivity contribution in [2.75, 3.05) is 0 Å². The van der Waals surface area contributed by atoms with Gasteiger partial charge in [-0.25, -0.2) is 4.98 Å². The van der Waals surface area contributed by atoms with E-state index in [1.165, 1.54) is 6.20 Å². The van der Waals surface area contributed by atoms with E-state index in [2.05, 4.69) is 30.6 Å². The molecular formula is C17H20N8O. The molecule has 1 amide bonds. The molecule has 1 aliphatic carbocycles. The molecule has 0 radical (unpaired) electrons. The minimum atomic E-state index is -0.182. The Labute approximate surface area is 150 Å². The van der Waals surface area contributed by atoms with Crippen molar-refractivity contribution < 1.29 is 4.79 Å². The summed E-state index contributed by atoms with van der Waals surface area (Å²) in [6.07, 6.45) is 8.44. The van der Waals surface area contributed by atoms with Crippen LogP contribution in [0.2, 0.25) is 0 Å². The molecule has 0 spiro atoms. The first kappa shape index (κ1) is 16.4. The summed E-state index contributed by atoms with van der Waals surface area (Å²) in [5, 5.41) is 15.8. The molecule has 0 bridgehead atoms. The number of aryl methyl sites for hydroxylation is 1. The summed E-state index contributed by atoms with van der Waals surface area (Å²) in [4.78, 5) is 20.4. The van der Waals surface area contributed by atoms with Crippen LogP contribution in [0.25, 0.3) is 0 Å². The number of carbonyl (C=O) groups is 1. The molecule has 1 aliphatic rings. The molecule has 3 aromatic rings. The number of nitrogens with one attached hydrogen (secondary N) is 1. The van der Waals surface area contributed by atoms with Gasteiger partial charge >= 0.3 is 0 Å². The largest absolute Gasteiger partial charge is 0.348 e. The SMILES string of the molecule is Cc1cnc(C(=O)NC2CC(c3nnc(Cn4cccn4)n3C)C2)cn1. The van der Waals surface area contributed by atoms with Gasteiger partial charge in [-0.05, 0) is 25.8 Å². The highest BCUT2D eigenvalue weighted by Crippen LogP contribution is 2.36. The minimum Gasteiger partial charge on any atom is -0.348 e. The number of rotatable bonds is 5. The van der Waals surface area contributed by atoms with Gasteiger partial charge in [0, 0.05) is 37.6 Å². The number of nitrogens with zero attached hydrogens (tertiary/aromatic N) is 7. The minimum absolute atomic E-state index is 0.127. The predicted molar refractivity (Wildman–Crippen MR) is 92.3 cm³/mol. The fraction of sp³-hybridized carbons (Fsp3) is 0.412. The van der Waals surface area contributed by atoms with Crippen LogP contribution in [-0.2, 0) is 13.6 Å². The fourth-order valence-corrected chi connectivity index (χ4v) is 3.12. The van der Waals surface area contributed by atoms with E-state index >= 15 is 0 Å². The highest BCUT2D eigenvalue weighted by Gasteiger charge is 2.35. The maximum atomic E-state index is 12.2. The monoisotopic (exact) mass is 352 g/mol. The summed E-state index contributed by atoms with van der Waals surface area (Å²) >= 11 is 0. The Kier molecular flexibility index (Phi) is 4.19. The van der Waals surface area contributed by atoms with Crippen molar-refractivity contribution in [2.45, 2.75) is 38.3 Å². The highest BCUT2D eigenvalue weighted by molar-refractivity contribution is 5.92. The van der Waals surface area contributed by atoms with Crippen LogP contribution in [0.3, 0.4) is 0 Å². The second-order valence-corrected chi connectivity index (χ2v) is 6.62. The molecule has 3 aromatic heterocycles. The highest BCUT2D eigenvalue weighted by atomic mass is 16.2. The van der Waals surface area contributed by atoms with Crippen LogP contribution in [0.5, 0.6) is 0 Å². The van der Waals surface area contributed by atoms with E-state index in [0.29, 0.717) is 18.2 Å². The molecule has 9 heteroatoms. The lowest BCUT2D eigenvalue weighted by Gasteiger charge is -2.34. The normalized spacial score (nSPS) is 19.2. The second-order valence-electron chi connectivity index (χ2n) is 6.62. The first-order chi connectivity index (χ1) is 12.6. The van der Waals surface area contributed by atoms with Gasteiger partial charge in [-0.2, -0.15) is 5.10 Å². The molecule has 1 N–H and O–H groups in total. The van der Waals surface area contributed by atoms with E-state index in [1.54, 1.807) is 12.4 Å². The van der Waals surface area contributed by atoms with Crippen molar-refractivity contribution in [3.05, 3.63) is 53.9 Å². The molecule has 3 heterocycles. The quantitative estimate of drug-likeness (QED) is 0.730. The van der Waals surface area contributed by atoms with Gasteiger partial charge in [-0.1, -0.05) is 0 Å². The van der Waals surface area contributed by atoms with Crippen LogP contribution < -0.4 is 5.32 Å². The maximum absolute atomic E-state index is 12.2. The maximum Gasteiger partial charge on any atom is 0.271 e. The van der Waals surface area contributed by atoms with E-state index < -0.39 is 0 Å². The predicted octanol–water partition coefficient (Wildman–Crippen LogP) is 0.834. The molecule has 0 saturated heterocycles. The summed E-state index contributed by atoms with van der Waals surface area (Å²) in [7, 11) is 1.97. The van der Waals surface area contributed by atoms with E-state index in [-0.39, 0.29) is 11.9 Å². The molecule has 1 fully saturated rings. The number of hydrogen-bond donors (Lipinski definition) is 1. The van der Waals surface area contributed by atoms with Gasteiger partial charge < -0.3 is 9.88 Å². The van der Waals surface area contributed by atoms with E-state index in [1.807, 2.05) is 35.5 Å². The van der Waals surface area contributed by atoms with Crippen LogP contribution in [0.1, 0.15) is 46.6 Å². The van der Waals surface area contributed by atoms with E-state index in [9.17, 15) is 4.79 Å². The fourth-order valence-electron chi connectivity index (χ4n) is 3.12. The Hall–Kier alpha value is -3.10. The van der Waals surface area contributed by atoms with Gasteiger partial charge in [0.1, 0.15) is 18.1 Å². The average molecular weight is 352 g/mol. The molecule has 26 heavy (non-hydrogen) atoms. The zero-order chi connectivity index (χ0) is 18.1. The van der Waals surface area contributed by atoms with E-state index in [4.69, 9.17) is 0 Å². The number of amides is 1. The Morgan fingerprint density at radius 1 is 1.27 bits per heavy atom. The molecule has 0 unspecified atom stereocenters. The van der Waals surface area contributed by atoms with Gasteiger partial charge in [-0.3, -0.25) is 14.5 Å². The molecule has 0 aliphatic heterocycles. The molecule has 4 rings (SSSR count). The average Bonchev–Trinajstić information content (AvgIpc) is 3.23. The lowest BCUT2D eigenvalue weighted by atomic mass is 9.79. The van der Waals surface area contributed by atoms with Crippen molar-refractivity contribution in [3.8, 4) is 0 Å². The Balaban J connectivity index is 1.34. The zero-order valence-corrected chi connectivity index (χ0v) is 14.7. The van der Waals surface area contributed by atoms with Crippen LogP contribution >= 0.6 is 0 Å². The number of carbonyl (C=O) groups excluding carboxylic acids is 1. The Bertz CT molecular complexity index is 894. The third kappa shape index (κ3) is 3.19. The molecule has 9 nitrogen and oxygen atoms in total. The van der Waals surface area contributed by atoms with Crippen LogP contribution in [0, 0.1) is 6.92 Å². The molecular weight excluding hydrogens is 332 g/mol. The van der Waals surface area contributed by atoms with Crippen molar-refractivity contribution in [3.63, 3.8) is 0 Å². The van der Waals surface area contributed by atoms with Gasteiger partial charge in [0.15, 0.2) is 5.82 Å². The van der Waals surface area contributed by atoms with Crippen molar-refractivity contribution in [1.82, 2.24) is 39.8 Å². The molecule has 0 atom stereocenters. The summed E-state index contributed by atoms with van der Waals surface area (Å²) in [5.41, 5.74) is 1.14. The molecule has 134 valence electrons. The van der Waals surface area contributed by atoms with Crippen LogP contribution in [0.15, 0.2) is 30.9 Å². The second kappa shape index (κ2) is 6.66. The smallest absolute Gasteiger partial charge is 0.271 e. The summed E-state index contributed by atoms with van der Waals surface area (Å²) < 4.78 is 3.84. The van der Waals surface area contributed by atoms with Gasteiger partial charge in [-0.15, -0.1) is 10.2 Å². The number of aromatic nitrogens is 7. The van der Waals surface area contributed by atoms with Crippen LogP contribution in [0.4, 0.5) is 0 Å².